The van der Waals surface area contributed by atoms with Crippen molar-refractivity contribution in [1.29, 1.82) is 0 Å². The Morgan fingerprint density at radius 3 is 1.77 bits per heavy atom. The van der Waals surface area contributed by atoms with E-state index in [-0.39, 0.29) is 25.7 Å². The lowest BCUT2D eigenvalue weighted by molar-refractivity contribution is -0.143. The summed E-state index contributed by atoms with van der Waals surface area (Å²) < 4.78 is 0. The first-order chi connectivity index (χ1) is 16.3. The molecule has 198 valence electrons. The zero-order valence-corrected chi connectivity index (χ0v) is 19.8. The predicted octanol–water partition coefficient (Wildman–Crippen LogP) is -2.79. The number of rotatable bonds is 18. The van der Waals surface area contributed by atoms with Crippen molar-refractivity contribution in [1.82, 2.24) is 16.0 Å². The molecule has 0 aromatic carbocycles. The van der Waals surface area contributed by atoms with E-state index in [1.54, 1.807) is 6.26 Å². The summed E-state index contributed by atoms with van der Waals surface area (Å²) in [6.45, 7) is 0. The van der Waals surface area contributed by atoms with Crippen LogP contribution in [0.5, 0.6) is 0 Å². The second-order valence-corrected chi connectivity index (χ2v) is 8.43. The topological polar surface area (TPSA) is 268 Å². The molecule has 0 rings (SSSR count). The molecule has 4 unspecified atom stereocenters. The number of thioether (sulfide) groups is 1. The maximum absolute atomic E-state index is 12.7. The van der Waals surface area contributed by atoms with Gasteiger partial charge in [0.25, 0.3) is 0 Å². The fourth-order valence-electron chi connectivity index (χ4n) is 2.67. The Labute approximate surface area is 204 Å². The number of nitrogens with one attached hydrogen (secondary N) is 3. The zero-order chi connectivity index (χ0) is 27.1. The van der Waals surface area contributed by atoms with Crippen LogP contribution in [0.4, 0.5) is 0 Å². The minimum absolute atomic E-state index is 0.0741. The minimum Gasteiger partial charge on any atom is -0.481 e. The molecule has 16 heteroatoms. The maximum Gasteiger partial charge on any atom is 0.326 e. The Morgan fingerprint density at radius 1 is 0.743 bits per heavy atom. The standard InChI is InChI=1S/C19H31N5O10S/c1-35-7-6-11(19(33)34)23-17(31)10(3-4-13(21)25)22-18(32)12(8-15(28)29)24-16(30)9(20)2-5-14(26)27/h9-12H,2-8,20H2,1H3,(H2,21,25)(H,22,32)(H,23,31)(H,24,30)(H,26,27)(H,28,29)(H,33,34). The Balaban J connectivity index is 5.54. The first kappa shape index (κ1) is 31.6. The molecule has 0 saturated carbocycles. The lowest BCUT2D eigenvalue weighted by Gasteiger charge is -2.24. The Bertz CT molecular complexity index is 809. The van der Waals surface area contributed by atoms with E-state index in [9.17, 15) is 38.7 Å². The van der Waals surface area contributed by atoms with Crippen LogP contribution in [0.15, 0.2) is 0 Å². The van der Waals surface area contributed by atoms with Crippen LogP contribution in [0.1, 0.15) is 38.5 Å². The summed E-state index contributed by atoms with van der Waals surface area (Å²) in [5.74, 6) is -7.48. The molecule has 0 fully saturated rings. The van der Waals surface area contributed by atoms with Gasteiger partial charge in [-0.2, -0.15) is 11.8 Å². The third-order valence-corrected chi connectivity index (χ3v) is 5.20. The highest BCUT2D eigenvalue weighted by molar-refractivity contribution is 7.98. The molecule has 4 amide bonds. The fraction of sp³-hybridized carbons (Fsp3) is 0.632. The van der Waals surface area contributed by atoms with Gasteiger partial charge in [-0.3, -0.25) is 28.8 Å². The summed E-state index contributed by atoms with van der Waals surface area (Å²) in [7, 11) is 0. The van der Waals surface area contributed by atoms with Gasteiger partial charge in [0.15, 0.2) is 0 Å². The van der Waals surface area contributed by atoms with E-state index in [0.29, 0.717) is 5.75 Å². The van der Waals surface area contributed by atoms with Gasteiger partial charge in [-0.25, -0.2) is 4.79 Å². The molecule has 0 aliphatic heterocycles. The van der Waals surface area contributed by atoms with Crippen LogP contribution in [-0.2, 0) is 33.6 Å². The van der Waals surface area contributed by atoms with Crippen molar-refractivity contribution < 1.29 is 48.9 Å². The van der Waals surface area contributed by atoms with Gasteiger partial charge in [-0.1, -0.05) is 0 Å². The number of carbonyl (C=O) groups is 7. The van der Waals surface area contributed by atoms with Crippen LogP contribution in [-0.4, -0.2) is 93.0 Å². The molecule has 0 aromatic rings. The van der Waals surface area contributed by atoms with Crippen molar-refractivity contribution in [3.63, 3.8) is 0 Å². The van der Waals surface area contributed by atoms with E-state index in [4.69, 9.17) is 21.7 Å². The fourth-order valence-corrected chi connectivity index (χ4v) is 3.14. The maximum atomic E-state index is 12.7. The highest BCUT2D eigenvalue weighted by Crippen LogP contribution is 2.06. The molecule has 0 saturated heterocycles. The van der Waals surface area contributed by atoms with Gasteiger partial charge in [0.1, 0.15) is 18.1 Å². The molecule has 0 heterocycles. The number of nitrogens with two attached hydrogens (primary N) is 2. The number of primary amides is 1. The third kappa shape index (κ3) is 13.8. The molecular formula is C19H31N5O10S. The van der Waals surface area contributed by atoms with Crippen LogP contribution >= 0.6 is 11.8 Å². The van der Waals surface area contributed by atoms with Crippen LogP contribution in [0.2, 0.25) is 0 Å². The summed E-state index contributed by atoms with van der Waals surface area (Å²) in [5.41, 5.74) is 10.7. The van der Waals surface area contributed by atoms with Crippen molar-refractivity contribution in [3.8, 4) is 0 Å². The first-order valence-corrected chi connectivity index (χ1v) is 11.8. The van der Waals surface area contributed by atoms with Gasteiger partial charge < -0.3 is 42.7 Å². The van der Waals surface area contributed by atoms with Gasteiger partial charge >= 0.3 is 17.9 Å². The molecule has 0 radical (unpaired) electrons. The highest BCUT2D eigenvalue weighted by atomic mass is 32.2. The number of carboxylic acid groups (broad SMARTS) is 3. The van der Waals surface area contributed by atoms with Crippen molar-refractivity contribution in [2.24, 2.45) is 11.5 Å². The molecule has 0 aliphatic carbocycles. The first-order valence-electron chi connectivity index (χ1n) is 10.4. The predicted molar refractivity (Wildman–Crippen MR) is 122 cm³/mol. The van der Waals surface area contributed by atoms with E-state index in [1.807, 2.05) is 0 Å². The van der Waals surface area contributed by atoms with Crippen LogP contribution in [0, 0.1) is 0 Å². The third-order valence-electron chi connectivity index (χ3n) is 4.56. The molecule has 35 heavy (non-hydrogen) atoms. The smallest absolute Gasteiger partial charge is 0.326 e. The minimum atomic E-state index is -1.70. The van der Waals surface area contributed by atoms with Crippen LogP contribution in [0.25, 0.3) is 0 Å². The monoisotopic (exact) mass is 521 g/mol. The number of hydrogen-bond acceptors (Lipinski definition) is 9. The summed E-state index contributed by atoms with van der Waals surface area (Å²) >= 11 is 1.35. The molecule has 0 spiro atoms. The number of carboxylic acids is 3. The van der Waals surface area contributed by atoms with Crippen LogP contribution in [0.3, 0.4) is 0 Å². The van der Waals surface area contributed by atoms with E-state index in [2.05, 4.69) is 16.0 Å². The summed E-state index contributed by atoms with van der Waals surface area (Å²) in [6.07, 6.45) is -0.505. The quantitative estimate of drug-likeness (QED) is 0.0909. The average molecular weight is 522 g/mol. The lowest BCUT2D eigenvalue weighted by Crippen LogP contribution is -2.57. The summed E-state index contributed by atoms with van der Waals surface area (Å²) in [6, 6.07) is -5.81. The molecular weight excluding hydrogens is 490 g/mol. The second-order valence-electron chi connectivity index (χ2n) is 7.44. The van der Waals surface area contributed by atoms with Gasteiger partial charge in [-0.15, -0.1) is 0 Å². The molecule has 15 nitrogen and oxygen atoms in total. The molecule has 4 atom stereocenters. The van der Waals surface area contributed by atoms with E-state index >= 15 is 0 Å². The molecule has 0 aromatic heterocycles. The molecule has 10 N–H and O–H groups in total. The molecule has 0 bridgehead atoms. The van der Waals surface area contributed by atoms with Crippen molar-refractivity contribution in [2.75, 3.05) is 12.0 Å². The Hall–Kier alpha value is -3.40. The second kappa shape index (κ2) is 16.3. The van der Waals surface area contributed by atoms with Gasteiger partial charge in [0.05, 0.1) is 12.5 Å². The zero-order valence-electron chi connectivity index (χ0n) is 19.0. The lowest BCUT2D eigenvalue weighted by atomic mass is 10.1. The average Bonchev–Trinajstić information content (AvgIpc) is 2.75. The highest BCUT2D eigenvalue weighted by Gasteiger charge is 2.31. The van der Waals surface area contributed by atoms with Gasteiger partial charge in [-0.05, 0) is 31.3 Å². The number of carbonyl (C=O) groups excluding carboxylic acids is 4. The largest absolute Gasteiger partial charge is 0.481 e. The summed E-state index contributed by atoms with van der Waals surface area (Å²) in [4.78, 5) is 82.0. The van der Waals surface area contributed by atoms with E-state index in [0.717, 1.165) is 0 Å². The SMILES string of the molecule is CSCCC(NC(=O)C(CCC(N)=O)NC(=O)C(CC(=O)O)NC(=O)C(N)CCC(=O)O)C(=O)O. The summed E-state index contributed by atoms with van der Waals surface area (Å²) in [5, 5.41) is 33.6. The van der Waals surface area contributed by atoms with Crippen molar-refractivity contribution >= 4 is 53.3 Å². The van der Waals surface area contributed by atoms with Crippen molar-refractivity contribution in [3.05, 3.63) is 0 Å². The Morgan fingerprint density at radius 2 is 1.29 bits per heavy atom. The number of aliphatic carboxylic acids is 3. The van der Waals surface area contributed by atoms with E-state index in [1.165, 1.54) is 11.8 Å². The van der Waals surface area contributed by atoms with Gasteiger partial charge in [0, 0.05) is 12.8 Å². The van der Waals surface area contributed by atoms with Gasteiger partial charge in [0.2, 0.25) is 23.6 Å². The normalized spacial score (nSPS) is 14.0. The van der Waals surface area contributed by atoms with Crippen LogP contribution < -0.4 is 27.4 Å². The molecule has 0 aliphatic rings. The van der Waals surface area contributed by atoms with Crippen molar-refractivity contribution in [2.45, 2.75) is 62.7 Å². The number of hydrogen-bond donors (Lipinski definition) is 8. The van der Waals surface area contributed by atoms with E-state index < -0.39 is 78.5 Å². The Kier molecular flexibility index (Phi) is 14.7. The number of amides is 4.